The highest BCUT2D eigenvalue weighted by Gasteiger charge is 2.11. The van der Waals surface area contributed by atoms with Gasteiger partial charge in [-0.15, -0.1) is 11.3 Å². The minimum atomic E-state index is -0.255. The van der Waals surface area contributed by atoms with Crippen LogP contribution in [-0.2, 0) is 6.54 Å². The van der Waals surface area contributed by atoms with E-state index in [2.05, 4.69) is 40.4 Å². The summed E-state index contributed by atoms with van der Waals surface area (Å²) in [6.45, 7) is 5.39. The second kappa shape index (κ2) is 9.15. The molecule has 7 heteroatoms. The predicted octanol–water partition coefficient (Wildman–Crippen LogP) is 4.35. The molecule has 2 rings (SSSR count). The van der Waals surface area contributed by atoms with Crippen LogP contribution in [-0.4, -0.2) is 17.6 Å². The zero-order valence-corrected chi connectivity index (χ0v) is 16.7. The van der Waals surface area contributed by atoms with Crippen LogP contribution in [0.2, 0.25) is 0 Å². The summed E-state index contributed by atoms with van der Waals surface area (Å²) in [7, 11) is 0. The van der Waals surface area contributed by atoms with Crippen molar-refractivity contribution in [1.82, 2.24) is 10.6 Å². The highest BCUT2D eigenvalue weighted by molar-refractivity contribution is 9.10. The third-order valence-corrected chi connectivity index (χ3v) is 4.74. The van der Waals surface area contributed by atoms with E-state index < -0.39 is 0 Å². The van der Waals surface area contributed by atoms with Gasteiger partial charge in [0.25, 0.3) is 5.91 Å². The maximum atomic E-state index is 12.2. The van der Waals surface area contributed by atoms with Crippen LogP contribution in [0, 0.1) is 5.92 Å². The second-order valence-corrected chi connectivity index (χ2v) is 7.86. The molecule has 2 N–H and O–H groups in total. The van der Waals surface area contributed by atoms with Crippen LogP contribution in [0.25, 0.3) is 0 Å². The fraction of sp³-hybridized carbons (Fsp3) is 0.294. The summed E-state index contributed by atoms with van der Waals surface area (Å²) in [5.74, 6) is 0.903. The molecule has 0 bridgehead atoms. The highest BCUT2D eigenvalue weighted by atomic mass is 79.9. The number of rotatable bonds is 6. The lowest BCUT2D eigenvalue weighted by Gasteiger charge is -2.12. The number of benzene rings is 1. The van der Waals surface area contributed by atoms with Crippen LogP contribution in [0.4, 0.5) is 0 Å². The molecule has 0 spiro atoms. The first-order valence-electron chi connectivity index (χ1n) is 7.49. The number of carbonyl (C=O) groups is 1. The van der Waals surface area contributed by atoms with Gasteiger partial charge in [0.05, 0.1) is 17.6 Å². The van der Waals surface area contributed by atoms with Crippen molar-refractivity contribution >= 4 is 50.5 Å². The highest BCUT2D eigenvalue weighted by Crippen LogP contribution is 2.26. The number of thiocarbonyl (C=S) groups is 1. The molecule has 0 radical (unpaired) electrons. The van der Waals surface area contributed by atoms with Gasteiger partial charge in [-0.25, -0.2) is 0 Å². The monoisotopic (exact) mass is 426 g/mol. The van der Waals surface area contributed by atoms with Gasteiger partial charge in [0.1, 0.15) is 5.75 Å². The summed E-state index contributed by atoms with van der Waals surface area (Å²) >= 11 is 10.2. The molecule has 1 aromatic heterocycles. The van der Waals surface area contributed by atoms with Gasteiger partial charge in [0, 0.05) is 10.4 Å². The Balaban J connectivity index is 1.89. The molecule has 0 aliphatic rings. The number of halogens is 1. The normalized spacial score (nSPS) is 10.5. The molecule has 128 valence electrons. The van der Waals surface area contributed by atoms with Crippen LogP contribution in [0.3, 0.4) is 0 Å². The number of nitrogens with one attached hydrogen (secondary N) is 2. The molecule has 0 unspecified atom stereocenters. The Kier molecular flexibility index (Phi) is 7.20. The van der Waals surface area contributed by atoms with Crippen LogP contribution < -0.4 is 15.4 Å². The van der Waals surface area contributed by atoms with Crippen molar-refractivity contribution in [2.45, 2.75) is 20.4 Å². The summed E-state index contributed by atoms with van der Waals surface area (Å²) in [5, 5.41) is 8.01. The summed E-state index contributed by atoms with van der Waals surface area (Å²) in [5.41, 5.74) is 0.513. The van der Waals surface area contributed by atoms with Gasteiger partial charge < -0.3 is 10.1 Å². The minimum Gasteiger partial charge on any atom is -0.492 e. The first-order chi connectivity index (χ1) is 11.5. The fourth-order valence-electron chi connectivity index (χ4n) is 1.82. The summed E-state index contributed by atoms with van der Waals surface area (Å²) in [6.07, 6.45) is 0. The summed E-state index contributed by atoms with van der Waals surface area (Å²) in [4.78, 5) is 13.4. The Morgan fingerprint density at radius 2 is 2.17 bits per heavy atom. The Hall–Kier alpha value is -1.44. The summed E-state index contributed by atoms with van der Waals surface area (Å²) in [6, 6.07) is 9.22. The second-order valence-electron chi connectivity index (χ2n) is 5.57. The van der Waals surface area contributed by atoms with E-state index >= 15 is 0 Å². The third kappa shape index (κ3) is 5.89. The van der Waals surface area contributed by atoms with E-state index in [1.54, 1.807) is 29.5 Å². The third-order valence-electron chi connectivity index (χ3n) is 3.00. The van der Waals surface area contributed by atoms with Gasteiger partial charge in [-0.1, -0.05) is 19.9 Å². The number of hydrogen-bond acceptors (Lipinski definition) is 4. The largest absolute Gasteiger partial charge is 0.492 e. The van der Waals surface area contributed by atoms with E-state index in [9.17, 15) is 4.79 Å². The topological polar surface area (TPSA) is 50.4 Å². The van der Waals surface area contributed by atoms with Crippen molar-refractivity contribution < 1.29 is 9.53 Å². The lowest BCUT2D eigenvalue weighted by Crippen LogP contribution is -2.38. The van der Waals surface area contributed by atoms with Gasteiger partial charge in [-0.05, 0) is 63.7 Å². The van der Waals surface area contributed by atoms with Crippen LogP contribution >= 0.6 is 39.5 Å². The van der Waals surface area contributed by atoms with Crippen LogP contribution in [0.15, 0.2) is 40.2 Å². The number of carbonyl (C=O) groups excluding carboxylic acids is 1. The van der Waals surface area contributed by atoms with E-state index in [0.717, 1.165) is 15.1 Å². The maximum absolute atomic E-state index is 12.2. The predicted molar refractivity (Wildman–Crippen MR) is 106 cm³/mol. The zero-order chi connectivity index (χ0) is 17.5. The Morgan fingerprint density at radius 3 is 2.79 bits per heavy atom. The molecule has 0 saturated heterocycles. The summed E-state index contributed by atoms with van der Waals surface area (Å²) < 4.78 is 6.42. The molecule has 1 amide bonds. The number of ether oxygens (including phenoxy) is 1. The Labute approximate surface area is 159 Å². The van der Waals surface area contributed by atoms with Crippen molar-refractivity contribution in [1.29, 1.82) is 0 Å². The molecule has 1 heterocycles. The fourth-order valence-corrected chi connectivity index (χ4v) is 3.12. The zero-order valence-electron chi connectivity index (χ0n) is 13.5. The van der Waals surface area contributed by atoms with Crippen molar-refractivity contribution in [2.24, 2.45) is 5.92 Å². The molecular formula is C17H19BrN2O2S2. The molecular weight excluding hydrogens is 408 g/mol. The van der Waals surface area contributed by atoms with Crippen molar-refractivity contribution in [3.63, 3.8) is 0 Å². The van der Waals surface area contributed by atoms with Gasteiger partial charge in [-0.2, -0.15) is 0 Å². The molecule has 24 heavy (non-hydrogen) atoms. The number of amides is 1. The van der Waals surface area contributed by atoms with Gasteiger partial charge in [0.2, 0.25) is 0 Å². The lowest BCUT2D eigenvalue weighted by molar-refractivity contribution is 0.0976. The molecule has 0 fully saturated rings. The lowest BCUT2D eigenvalue weighted by atomic mass is 10.2. The Morgan fingerprint density at radius 1 is 1.38 bits per heavy atom. The number of hydrogen-bond donors (Lipinski definition) is 2. The maximum Gasteiger partial charge on any atom is 0.257 e. The first-order valence-corrected chi connectivity index (χ1v) is 9.57. The van der Waals surface area contributed by atoms with E-state index in [1.807, 2.05) is 17.5 Å². The van der Waals surface area contributed by atoms with Gasteiger partial charge >= 0.3 is 0 Å². The van der Waals surface area contributed by atoms with Gasteiger partial charge in [-0.3, -0.25) is 10.1 Å². The van der Waals surface area contributed by atoms with E-state index in [0.29, 0.717) is 29.7 Å². The average Bonchev–Trinajstić information content (AvgIpc) is 3.05. The molecule has 1 aromatic carbocycles. The standard InChI is InChI=1S/C17H19BrN2O2S2/c1-11(2)10-22-15-6-5-12(8-14(15)18)16(21)20-17(23)19-9-13-4-3-7-24-13/h3-8,11H,9-10H2,1-2H3,(H2,19,20,21,23). The molecule has 0 aliphatic heterocycles. The minimum absolute atomic E-state index is 0.255. The molecule has 2 aromatic rings. The number of thiophene rings is 1. The quantitative estimate of drug-likeness (QED) is 0.674. The van der Waals surface area contributed by atoms with Crippen LogP contribution in [0.1, 0.15) is 29.1 Å². The van der Waals surface area contributed by atoms with E-state index in [1.165, 1.54) is 0 Å². The smallest absolute Gasteiger partial charge is 0.257 e. The molecule has 0 aliphatic carbocycles. The molecule has 0 saturated carbocycles. The SMILES string of the molecule is CC(C)COc1ccc(C(=O)NC(=S)NCc2cccs2)cc1Br. The van der Waals surface area contributed by atoms with Crippen molar-refractivity contribution in [3.8, 4) is 5.75 Å². The van der Waals surface area contributed by atoms with Crippen molar-refractivity contribution in [3.05, 3.63) is 50.6 Å². The molecule has 0 atom stereocenters. The van der Waals surface area contributed by atoms with Crippen LogP contribution in [0.5, 0.6) is 5.75 Å². The van der Waals surface area contributed by atoms with E-state index in [4.69, 9.17) is 17.0 Å². The van der Waals surface area contributed by atoms with E-state index in [-0.39, 0.29) is 5.91 Å². The molecule has 4 nitrogen and oxygen atoms in total. The van der Waals surface area contributed by atoms with Crippen molar-refractivity contribution in [2.75, 3.05) is 6.61 Å². The Bertz CT molecular complexity index is 703. The van der Waals surface area contributed by atoms with Gasteiger partial charge in [0.15, 0.2) is 5.11 Å². The first kappa shape index (κ1) is 18.9. The average molecular weight is 427 g/mol.